The van der Waals surface area contributed by atoms with Crippen LogP contribution in [0.1, 0.15) is 18.0 Å². The average molecular weight is 237 g/mol. The van der Waals surface area contributed by atoms with E-state index in [1.54, 1.807) is 0 Å². The van der Waals surface area contributed by atoms with Crippen LogP contribution in [0.5, 0.6) is 0 Å². The minimum Gasteiger partial charge on any atom is -0.376 e. The van der Waals surface area contributed by atoms with E-state index in [4.69, 9.17) is 9.47 Å². The summed E-state index contributed by atoms with van der Waals surface area (Å²) in [6, 6.07) is 0. The minimum atomic E-state index is 0.172. The second-order valence-corrected chi connectivity index (χ2v) is 4.73. The summed E-state index contributed by atoms with van der Waals surface area (Å²) >= 11 is 0. The Hall–Kier alpha value is -0.910. The van der Waals surface area contributed by atoms with Gasteiger partial charge in [0, 0.05) is 24.4 Å². The molecule has 3 heterocycles. The summed E-state index contributed by atoms with van der Waals surface area (Å²) in [5.41, 5.74) is 1.32. The second kappa shape index (κ2) is 5.16. The Morgan fingerprint density at radius 1 is 1.47 bits per heavy atom. The SMILES string of the molecule is c1ncn(CC2COCCO2)c1C1CCNC1. The van der Waals surface area contributed by atoms with Crippen LogP contribution in [0.3, 0.4) is 0 Å². The molecular formula is C12H19N3O2. The third kappa shape index (κ3) is 2.51. The molecular weight excluding hydrogens is 218 g/mol. The molecule has 2 atom stereocenters. The molecule has 5 heteroatoms. The highest BCUT2D eigenvalue weighted by Crippen LogP contribution is 2.22. The first-order chi connectivity index (χ1) is 8.43. The first-order valence-electron chi connectivity index (χ1n) is 6.33. The van der Waals surface area contributed by atoms with Crippen molar-refractivity contribution in [3.05, 3.63) is 18.2 Å². The van der Waals surface area contributed by atoms with Crippen LogP contribution >= 0.6 is 0 Å². The standard InChI is InChI=1S/C12H19N3O2/c1-2-13-5-10(1)12-6-14-9-15(12)7-11-8-16-3-4-17-11/h6,9-11,13H,1-5,7-8H2. The van der Waals surface area contributed by atoms with E-state index < -0.39 is 0 Å². The van der Waals surface area contributed by atoms with Gasteiger partial charge in [0.15, 0.2) is 0 Å². The molecule has 0 spiro atoms. The van der Waals surface area contributed by atoms with E-state index in [0.29, 0.717) is 19.1 Å². The number of hydrogen-bond acceptors (Lipinski definition) is 4. The Bertz CT molecular complexity index is 354. The number of imidazole rings is 1. The molecule has 0 aliphatic carbocycles. The van der Waals surface area contributed by atoms with Gasteiger partial charge in [-0.3, -0.25) is 0 Å². The van der Waals surface area contributed by atoms with Gasteiger partial charge in [0.2, 0.25) is 0 Å². The number of aromatic nitrogens is 2. The number of hydrogen-bond donors (Lipinski definition) is 1. The summed E-state index contributed by atoms with van der Waals surface area (Å²) in [6.07, 6.45) is 5.27. The highest BCUT2D eigenvalue weighted by molar-refractivity contribution is 5.09. The van der Waals surface area contributed by atoms with Gasteiger partial charge in [-0.15, -0.1) is 0 Å². The zero-order chi connectivity index (χ0) is 11.5. The smallest absolute Gasteiger partial charge is 0.0988 e. The molecule has 17 heavy (non-hydrogen) atoms. The van der Waals surface area contributed by atoms with Gasteiger partial charge >= 0.3 is 0 Å². The van der Waals surface area contributed by atoms with Crippen LogP contribution in [0.15, 0.2) is 12.5 Å². The average Bonchev–Trinajstić information content (AvgIpc) is 3.00. The van der Waals surface area contributed by atoms with Gasteiger partial charge in [-0.1, -0.05) is 0 Å². The highest BCUT2D eigenvalue weighted by atomic mass is 16.6. The maximum atomic E-state index is 5.68. The molecule has 1 aromatic rings. The van der Waals surface area contributed by atoms with E-state index in [0.717, 1.165) is 26.2 Å². The number of nitrogens with zero attached hydrogens (tertiary/aromatic N) is 2. The van der Waals surface area contributed by atoms with Crippen molar-refractivity contribution >= 4 is 0 Å². The molecule has 5 nitrogen and oxygen atoms in total. The van der Waals surface area contributed by atoms with E-state index in [-0.39, 0.29) is 6.10 Å². The minimum absolute atomic E-state index is 0.172. The van der Waals surface area contributed by atoms with Gasteiger partial charge < -0.3 is 19.4 Å². The first-order valence-corrected chi connectivity index (χ1v) is 6.33. The van der Waals surface area contributed by atoms with E-state index in [2.05, 4.69) is 14.9 Å². The van der Waals surface area contributed by atoms with Crippen LogP contribution in [-0.2, 0) is 16.0 Å². The monoisotopic (exact) mass is 237 g/mol. The predicted molar refractivity (Wildman–Crippen MR) is 63.0 cm³/mol. The van der Waals surface area contributed by atoms with Gasteiger partial charge in [0.05, 0.1) is 38.8 Å². The predicted octanol–water partition coefficient (Wildman–Crippen LogP) is 0.375. The zero-order valence-electron chi connectivity index (χ0n) is 9.97. The van der Waals surface area contributed by atoms with Crippen molar-refractivity contribution in [3.8, 4) is 0 Å². The van der Waals surface area contributed by atoms with Crippen molar-refractivity contribution in [1.82, 2.24) is 14.9 Å². The zero-order valence-corrected chi connectivity index (χ0v) is 9.97. The molecule has 2 saturated heterocycles. The Kier molecular flexibility index (Phi) is 3.40. The first kappa shape index (κ1) is 11.2. The van der Waals surface area contributed by atoms with Crippen LogP contribution in [0.4, 0.5) is 0 Å². The lowest BCUT2D eigenvalue weighted by molar-refractivity contribution is -0.0938. The molecule has 0 amide bonds. The molecule has 2 fully saturated rings. The lowest BCUT2D eigenvalue weighted by Crippen LogP contribution is -2.32. The fraction of sp³-hybridized carbons (Fsp3) is 0.750. The fourth-order valence-electron chi connectivity index (χ4n) is 2.59. The van der Waals surface area contributed by atoms with Gasteiger partial charge in [0.25, 0.3) is 0 Å². The lowest BCUT2D eigenvalue weighted by Gasteiger charge is -2.24. The van der Waals surface area contributed by atoms with Gasteiger partial charge in [-0.2, -0.15) is 0 Å². The Morgan fingerprint density at radius 3 is 3.24 bits per heavy atom. The van der Waals surface area contributed by atoms with Crippen molar-refractivity contribution in [2.24, 2.45) is 0 Å². The summed E-state index contributed by atoms with van der Waals surface area (Å²) in [5.74, 6) is 0.599. The summed E-state index contributed by atoms with van der Waals surface area (Å²) in [7, 11) is 0. The molecule has 0 bridgehead atoms. The Labute approximate surface area is 101 Å². The second-order valence-electron chi connectivity index (χ2n) is 4.73. The van der Waals surface area contributed by atoms with Crippen LogP contribution in [0.25, 0.3) is 0 Å². The fourth-order valence-corrected chi connectivity index (χ4v) is 2.59. The number of ether oxygens (including phenoxy) is 2. The molecule has 0 saturated carbocycles. The van der Waals surface area contributed by atoms with Gasteiger partial charge in [-0.05, 0) is 13.0 Å². The quantitative estimate of drug-likeness (QED) is 0.825. The van der Waals surface area contributed by atoms with Crippen molar-refractivity contribution in [2.45, 2.75) is 25.0 Å². The Balaban J connectivity index is 1.67. The molecule has 2 aliphatic rings. The normalized spacial score (nSPS) is 29.6. The number of nitrogens with one attached hydrogen (secondary N) is 1. The Morgan fingerprint density at radius 2 is 2.47 bits per heavy atom. The molecule has 0 aromatic carbocycles. The van der Waals surface area contributed by atoms with E-state index in [9.17, 15) is 0 Å². The van der Waals surface area contributed by atoms with Crippen LogP contribution in [-0.4, -0.2) is 48.6 Å². The van der Waals surface area contributed by atoms with Crippen molar-refractivity contribution in [1.29, 1.82) is 0 Å². The summed E-state index contributed by atoms with van der Waals surface area (Å²) in [5, 5.41) is 3.39. The van der Waals surface area contributed by atoms with E-state index in [1.807, 2.05) is 12.5 Å². The largest absolute Gasteiger partial charge is 0.376 e. The summed E-state index contributed by atoms with van der Waals surface area (Å²) < 4.78 is 13.3. The molecule has 3 rings (SSSR count). The summed E-state index contributed by atoms with van der Waals surface area (Å²) in [6.45, 7) is 5.15. The van der Waals surface area contributed by atoms with Crippen molar-refractivity contribution in [2.75, 3.05) is 32.9 Å². The maximum absolute atomic E-state index is 5.68. The topological polar surface area (TPSA) is 48.3 Å². The maximum Gasteiger partial charge on any atom is 0.0988 e. The molecule has 2 unspecified atom stereocenters. The molecule has 0 radical (unpaired) electrons. The van der Waals surface area contributed by atoms with Crippen LogP contribution in [0.2, 0.25) is 0 Å². The third-order valence-electron chi connectivity index (χ3n) is 3.51. The van der Waals surface area contributed by atoms with Crippen molar-refractivity contribution in [3.63, 3.8) is 0 Å². The van der Waals surface area contributed by atoms with Crippen LogP contribution < -0.4 is 5.32 Å². The summed E-state index contributed by atoms with van der Waals surface area (Å²) in [4.78, 5) is 4.27. The third-order valence-corrected chi connectivity index (χ3v) is 3.51. The molecule has 1 aromatic heterocycles. The van der Waals surface area contributed by atoms with E-state index >= 15 is 0 Å². The van der Waals surface area contributed by atoms with Gasteiger partial charge in [0.1, 0.15) is 0 Å². The number of rotatable bonds is 3. The van der Waals surface area contributed by atoms with E-state index in [1.165, 1.54) is 12.1 Å². The van der Waals surface area contributed by atoms with Gasteiger partial charge in [-0.25, -0.2) is 4.98 Å². The molecule has 2 aliphatic heterocycles. The molecule has 94 valence electrons. The highest BCUT2D eigenvalue weighted by Gasteiger charge is 2.22. The lowest BCUT2D eigenvalue weighted by atomic mass is 10.1. The van der Waals surface area contributed by atoms with Crippen molar-refractivity contribution < 1.29 is 9.47 Å². The van der Waals surface area contributed by atoms with Crippen LogP contribution in [0, 0.1) is 0 Å². The molecule has 1 N–H and O–H groups in total.